The van der Waals surface area contributed by atoms with Crippen LogP contribution >= 0.6 is 0 Å². The van der Waals surface area contributed by atoms with E-state index >= 15 is 0 Å². The topological polar surface area (TPSA) is 92.1 Å². The summed E-state index contributed by atoms with van der Waals surface area (Å²) < 4.78 is 27.0. The molecular formula is C21H20N2O6. The standard InChI is InChI=1S/C21H20N2O6/c1-25-14-4-5-15(17(10-14)26-2)19-11-22-21(29-19)8-7-20(24)23-13-3-6-16-18(9-13)28-12-27-16/h3-6,9-11H,7-8,12H2,1-2H3,(H,23,24). The summed E-state index contributed by atoms with van der Waals surface area (Å²) >= 11 is 0. The number of hydrogen-bond donors (Lipinski definition) is 1. The van der Waals surface area contributed by atoms with E-state index in [9.17, 15) is 4.79 Å². The Balaban J connectivity index is 1.37. The Morgan fingerprint density at radius 3 is 2.79 bits per heavy atom. The van der Waals surface area contributed by atoms with E-state index in [1.807, 2.05) is 12.1 Å². The molecule has 1 aromatic heterocycles. The molecule has 0 radical (unpaired) electrons. The third-order valence-corrected chi connectivity index (χ3v) is 4.45. The lowest BCUT2D eigenvalue weighted by Crippen LogP contribution is -2.12. The van der Waals surface area contributed by atoms with E-state index in [4.69, 9.17) is 23.4 Å². The van der Waals surface area contributed by atoms with Gasteiger partial charge in [-0.25, -0.2) is 4.98 Å². The van der Waals surface area contributed by atoms with Crippen molar-refractivity contribution in [3.63, 3.8) is 0 Å². The van der Waals surface area contributed by atoms with Crippen LogP contribution in [0.1, 0.15) is 12.3 Å². The molecule has 0 spiro atoms. The molecule has 2 heterocycles. The summed E-state index contributed by atoms with van der Waals surface area (Å²) in [4.78, 5) is 16.5. The molecule has 4 rings (SSSR count). The van der Waals surface area contributed by atoms with E-state index in [1.165, 1.54) is 0 Å². The van der Waals surface area contributed by atoms with Gasteiger partial charge in [0.05, 0.1) is 26.0 Å². The fourth-order valence-corrected chi connectivity index (χ4v) is 2.97. The molecule has 1 amide bonds. The molecule has 0 unspecified atom stereocenters. The Bertz CT molecular complexity index is 1030. The van der Waals surface area contributed by atoms with Crippen molar-refractivity contribution >= 4 is 11.6 Å². The maximum absolute atomic E-state index is 12.2. The van der Waals surface area contributed by atoms with Crippen molar-refractivity contribution in [2.75, 3.05) is 26.3 Å². The van der Waals surface area contributed by atoms with Gasteiger partial charge in [0.25, 0.3) is 0 Å². The monoisotopic (exact) mass is 396 g/mol. The molecule has 0 aliphatic carbocycles. The summed E-state index contributed by atoms with van der Waals surface area (Å²) in [6, 6.07) is 10.7. The number of methoxy groups -OCH3 is 2. The highest BCUT2D eigenvalue weighted by molar-refractivity contribution is 5.91. The van der Waals surface area contributed by atoms with Crippen molar-refractivity contribution in [2.45, 2.75) is 12.8 Å². The number of aryl methyl sites for hydroxylation is 1. The lowest BCUT2D eigenvalue weighted by Gasteiger charge is -2.08. The Kier molecular flexibility index (Phi) is 5.24. The quantitative estimate of drug-likeness (QED) is 0.651. The van der Waals surface area contributed by atoms with Crippen LogP contribution in [0, 0.1) is 0 Å². The van der Waals surface area contributed by atoms with Gasteiger partial charge < -0.3 is 28.7 Å². The van der Waals surface area contributed by atoms with Crippen molar-refractivity contribution in [1.29, 1.82) is 0 Å². The maximum Gasteiger partial charge on any atom is 0.231 e. The van der Waals surface area contributed by atoms with Crippen LogP contribution in [0.15, 0.2) is 47.0 Å². The number of oxazole rings is 1. The lowest BCUT2D eigenvalue weighted by molar-refractivity contribution is -0.116. The second kappa shape index (κ2) is 8.14. The second-order valence-corrected chi connectivity index (χ2v) is 6.30. The van der Waals surface area contributed by atoms with Gasteiger partial charge >= 0.3 is 0 Å². The number of nitrogens with one attached hydrogen (secondary N) is 1. The summed E-state index contributed by atoms with van der Waals surface area (Å²) in [5, 5.41) is 2.83. The highest BCUT2D eigenvalue weighted by Gasteiger charge is 2.16. The fourth-order valence-electron chi connectivity index (χ4n) is 2.97. The van der Waals surface area contributed by atoms with Crippen molar-refractivity contribution < 1.29 is 28.2 Å². The number of nitrogens with zero attached hydrogens (tertiary/aromatic N) is 1. The summed E-state index contributed by atoms with van der Waals surface area (Å²) in [6.07, 6.45) is 2.22. The Labute approximate surface area is 167 Å². The van der Waals surface area contributed by atoms with E-state index in [0.29, 0.717) is 46.8 Å². The minimum absolute atomic E-state index is 0.148. The molecule has 1 aliphatic heterocycles. The zero-order valence-corrected chi connectivity index (χ0v) is 16.1. The van der Waals surface area contributed by atoms with Crippen LogP contribution < -0.4 is 24.3 Å². The number of ether oxygens (including phenoxy) is 4. The largest absolute Gasteiger partial charge is 0.497 e. The van der Waals surface area contributed by atoms with Gasteiger partial charge in [-0.15, -0.1) is 0 Å². The van der Waals surface area contributed by atoms with Crippen molar-refractivity contribution in [3.8, 4) is 34.3 Å². The number of benzene rings is 2. The van der Waals surface area contributed by atoms with Crippen LogP contribution in [0.4, 0.5) is 5.69 Å². The first-order valence-electron chi connectivity index (χ1n) is 9.03. The van der Waals surface area contributed by atoms with Crippen molar-refractivity contribution in [3.05, 3.63) is 48.5 Å². The number of anilines is 1. The van der Waals surface area contributed by atoms with Gasteiger partial charge in [-0.05, 0) is 24.3 Å². The van der Waals surface area contributed by atoms with Gasteiger partial charge in [0.2, 0.25) is 12.7 Å². The average molecular weight is 396 g/mol. The molecule has 1 N–H and O–H groups in total. The van der Waals surface area contributed by atoms with Crippen LogP contribution in [0.25, 0.3) is 11.3 Å². The van der Waals surface area contributed by atoms with Crippen LogP contribution in [0.3, 0.4) is 0 Å². The van der Waals surface area contributed by atoms with Crippen LogP contribution in [0.5, 0.6) is 23.0 Å². The summed E-state index contributed by atoms with van der Waals surface area (Å²) in [5.74, 6) is 3.48. The van der Waals surface area contributed by atoms with Crippen LogP contribution in [-0.2, 0) is 11.2 Å². The smallest absolute Gasteiger partial charge is 0.231 e. The summed E-state index contributed by atoms with van der Waals surface area (Å²) in [7, 11) is 3.17. The molecule has 3 aromatic rings. The average Bonchev–Trinajstić information content (AvgIpc) is 3.40. The zero-order valence-electron chi connectivity index (χ0n) is 16.1. The summed E-state index contributed by atoms with van der Waals surface area (Å²) in [5.41, 5.74) is 1.41. The Hall–Kier alpha value is -3.68. The zero-order chi connectivity index (χ0) is 20.2. The third kappa shape index (κ3) is 4.11. The first-order chi connectivity index (χ1) is 14.2. The minimum Gasteiger partial charge on any atom is -0.497 e. The number of carbonyl (C=O) groups is 1. The van der Waals surface area contributed by atoms with E-state index < -0.39 is 0 Å². The van der Waals surface area contributed by atoms with E-state index in [1.54, 1.807) is 44.7 Å². The highest BCUT2D eigenvalue weighted by Crippen LogP contribution is 2.35. The fraction of sp³-hybridized carbons (Fsp3) is 0.238. The van der Waals surface area contributed by atoms with Crippen LogP contribution in [0.2, 0.25) is 0 Å². The van der Waals surface area contributed by atoms with Gasteiger partial charge in [0, 0.05) is 30.7 Å². The first-order valence-corrected chi connectivity index (χ1v) is 9.03. The molecule has 8 heteroatoms. The van der Waals surface area contributed by atoms with Crippen molar-refractivity contribution in [2.24, 2.45) is 0 Å². The molecule has 2 aromatic carbocycles. The lowest BCUT2D eigenvalue weighted by atomic mass is 10.1. The molecule has 0 bridgehead atoms. The predicted molar refractivity (Wildman–Crippen MR) is 105 cm³/mol. The van der Waals surface area contributed by atoms with Gasteiger partial charge in [0.15, 0.2) is 23.1 Å². The van der Waals surface area contributed by atoms with E-state index in [0.717, 1.165) is 5.56 Å². The number of aromatic nitrogens is 1. The number of amides is 1. The summed E-state index contributed by atoms with van der Waals surface area (Å²) in [6.45, 7) is 0.193. The molecule has 0 saturated carbocycles. The first kappa shape index (κ1) is 18.7. The maximum atomic E-state index is 12.2. The molecule has 0 saturated heterocycles. The van der Waals surface area contributed by atoms with E-state index in [-0.39, 0.29) is 19.1 Å². The van der Waals surface area contributed by atoms with Gasteiger partial charge in [-0.1, -0.05) is 0 Å². The molecule has 1 aliphatic rings. The predicted octanol–water partition coefficient (Wildman–Crippen LogP) is 3.66. The third-order valence-electron chi connectivity index (χ3n) is 4.45. The molecule has 0 fully saturated rings. The molecule has 0 atom stereocenters. The normalized spacial score (nSPS) is 11.9. The van der Waals surface area contributed by atoms with Gasteiger partial charge in [0.1, 0.15) is 11.5 Å². The number of rotatable bonds is 7. The second-order valence-electron chi connectivity index (χ2n) is 6.30. The molecule has 150 valence electrons. The highest BCUT2D eigenvalue weighted by atomic mass is 16.7. The Morgan fingerprint density at radius 1 is 1.10 bits per heavy atom. The van der Waals surface area contributed by atoms with Crippen LogP contribution in [-0.4, -0.2) is 31.9 Å². The van der Waals surface area contributed by atoms with E-state index in [2.05, 4.69) is 10.3 Å². The van der Waals surface area contributed by atoms with Gasteiger partial charge in [-0.2, -0.15) is 0 Å². The number of carbonyl (C=O) groups excluding carboxylic acids is 1. The number of hydrogen-bond acceptors (Lipinski definition) is 7. The molecule has 29 heavy (non-hydrogen) atoms. The minimum atomic E-state index is -0.148. The molecule has 8 nitrogen and oxygen atoms in total. The Morgan fingerprint density at radius 2 is 1.97 bits per heavy atom. The number of fused-ring (bicyclic) bond motifs is 1. The SMILES string of the molecule is COc1ccc(-c2cnc(CCC(=O)Nc3ccc4c(c3)OCO4)o2)c(OC)c1. The van der Waals surface area contributed by atoms with Crippen molar-refractivity contribution in [1.82, 2.24) is 4.98 Å². The van der Waals surface area contributed by atoms with Gasteiger partial charge in [-0.3, -0.25) is 4.79 Å². The molecular weight excluding hydrogens is 376 g/mol.